The van der Waals surface area contributed by atoms with Crippen molar-refractivity contribution in [1.29, 1.82) is 0 Å². The summed E-state index contributed by atoms with van der Waals surface area (Å²) in [6.07, 6.45) is -11.8. The minimum Gasteiger partial charge on any atom is -0.353 e. The van der Waals surface area contributed by atoms with E-state index in [9.17, 15) is 22.0 Å². The largest absolute Gasteiger partial charge is 0.417 e. The summed E-state index contributed by atoms with van der Waals surface area (Å²) in [5.41, 5.74) is 0. The molecule has 0 aromatic heterocycles. The van der Waals surface area contributed by atoms with E-state index >= 15 is 0 Å². The highest BCUT2D eigenvalue weighted by molar-refractivity contribution is 4.92. The van der Waals surface area contributed by atoms with Crippen molar-refractivity contribution in [2.24, 2.45) is 0 Å². The van der Waals surface area contributed by atoms with Crippen LogP contribution in [-0.4, -0.2) is 24.8 Å². The van der Waals surface area contributed by atoms with Crippen molar-refractivity contribution in [2.45, 2.75) is 24.8 Å². The van der Waals surface area contributed by atoms with Gasteiger partial charge in [-0.3, -0.25) is 0 Å². The summed E-state index contributed by atoms with van der Waals surface area (Å²) in [6.45, 7) is 0. The Balaban J connectivity index is 2.39. The normalized spacial score (nSPS) is 33.0. The van der Waals surface area contributed by atoms with Gasteiger partial charge in [0.05, 0.1) is 0 Å². The van der Waals surface area contributed by atoms with E-state index in [2.05, 4.69) is 4.74 Å². The molecule has 0 radical (unpaired) electrons. The molecule has 1 fully saturated rings. The summed E-state index contributed by atoms with van der Waals surface area (Å²) in [4.78, 5) is 0. The molecule has 2 atom stereocenters. The molecular formula is C4H3F5O. The summed E-state index contributed by atoms with van der Waals surface area (Å²) in [5.74, 6) is 0. The van der Waals surface area contributed by atoms with Gasteiger partial charge in [0.15, 0.2) is 12.2 Å². The lowest BCUT2D eigenvalue weighted by Crippen LogP contribution is -2.21. The first-order chi connectivity index (χ1) is 4.43. The topological polar surface area (TPSA) is 12.5 Å². The highest BCUT2D eigenvalue weighted by Crippen LogP contribution is 2.40. The van der Waals surface area contributed by atoms with Gasteiger partial charge >= 0.3 is 6.18 Å². The molecule has 1 nitrogen and oxygen atoms in total. The van der Waals surface area contributed by atoms with Gasteiger partial charge in [-0.25, -0.2) is 8.78 Å². The van der Waals surface area contributed by atoms with Gasteiger partial charge in [0.25, 0.3) is 6.43 Å². The summed E-state index contributed by atoms with van der Waals surface area (Å²) in [6, 6.07) is 0. The quantitative estimate of drug-likeness (QED) is 0.421. The molecule has 10 heavy (non-hydrogen) atoms. The van der Waals surface area contributed by atoms with E-state index in [0.717, 1.165) is 0 Å². The molecule has 1 heterocycles. The van der Waals surface area contributed by atoms with E-state index in [1.807, 2.05) is 0 Å². The zero-order chi connectivity index (χ0) is 7.94. The Kier molecular flexibility index (Phi) is 1.58. The lowest BCUT2D eigenvalue weighted by molar-refractivity contribution is -0.146. The standard InChI is InChI=1S/C4H3F5O/c5-3(6)1-2(10-1)4(7,8)9/h1-3H. The number of rotatable bonds is 1. The Morgan fingerprint density at radius 3 is 1.80 bits per heavy atom. The Labute approximate surface area is 52.8 Å². The maximum Gasteiger partial charge on any atom is 0.417 e. The van der Waals surface area contributed by atoms with E-state index in [0.29, 0.717) is 0 Å². The Hall–Kier alpha value is -0.390. The molecule has 6 heteroatoms. The van der Waals surface area contributed by atoms with Crippen molar-refractivity contribution >= 4 is 0 Å². The zero-order valence-electron chi connectivity index (χ0n) is 4.53. The van der Waals surface area contributed by atoms with Crippen molar-refractivity contribution in [1.82, 2.24) is 0 Å². The molecule has 0 saturated carbocycles. The van der Waals surface area contributed by atoms with Crippen LogP contribution in [0.2, 0.25) is 0 Å². The smallest absolute Gasteiger partial charge is 0.353 e. The minimum atomic E-state index is -4.64. The maximum absolute atomic E-state index is 11.4. The number of ether oxygens (including phenoxy) is 1. The van der Waals surface area contributed by atoms with E-state index in [-0.39, 0.29) is 0 Å². The predicted molar refractivity (Wildman–Crippen MR) is 20.7 cm³/mol. The van der Waals surface area contributed by atoms with Gasteiger partial charge in [-0.2, -0.15) is 13.2 Å². The van der Waals surface area contributed by atoms with Crippen molar-refractivity contribution in [3.63, 3.8) is 0 Å². The lowest BCUT2D eigenvalue weighted by Gasteiger charge is -1.99. The third-order valence-corrected chi connectivity index (χ3v) is 1.10. The molecule has 1 aliphatic rings. The van der Waals surface area contributed by atoms with Gasteiger partial charge in [0, 0.05) is 0 Å². The fourth-order valence-electron chi connectivity index (χ4n) is 0.579. The second-order valence-corrected chi connectivity index (χ2v) is 1.90. The Bertz CT molecular complexity index is 130. The average Bonchev–Trinajstić information content (AvgIpc) is 2.35. The molecule has 0 bridgehead atoms. The highest BCUT2D eigenvalue weighted by Gasteiger charge is 2.61. The molecule has 1 saturated heterocycles. The number of alkyl halides is 5. The fraction of sp³-hybridized carbons (Fsp3) is 1.00. The van der Waals surface area contributed by atoms with Gasteiger partial charge in [-0.05, 0) is 0 Å². The fourth-order valence-corrected chi connectivity index (χ4v) is 0.579. The summed E-state index contributed by atoms with van der Waals surface area (Å²) in [5, 5.41) is 0. The second-order valence-electron chi connectivity index (χ2n) is 1.90. The van der Waals surface area contributed by atoms with Crippen LogP contribution < -0.4 is 0 Å². The van der Waals surface area contributed by atoms with E-state index in [1.54, 1.807) is 0 Å². The summed E-state index contributed by atoms with van der Waals surface area (Å²) >= 11 is 0. The van der Waals surface area contributed by atoms with Crippen LogP contribution in [-0.2, 0) is 4.74 Å². The first-order valence-electron chi connectivity index (χ1n) is 2.43. The van der Waals surface area contributed by atoms with E-state index < -0.39 is 24.8 Å². The van der Waals surface area contributed by atoms with Crippen molar-refractivity contribution in [2.75, 3.05) is 0 Å². The number of halogens is 5. The number of epoxide rings is 1. The van der Waals surface area contributed by atoms with Gasteiger partial charge in [0.2, 0.25) is 0 Å². The average molecular weight is 162 g/mol. The number of hydrogen-bond acceptors (Lipinski definition) is 1. The molecule has 0 N–H and O–H groups in total. The Morgan fingerprint density at radius 1 is 1.20 bits per heavy atom. The summed E-state index contributed by atoms with van der Waals surface area (Å²) < 4.78 is 60.6. The lowest BCUT2D eigenvalue weighted by atomic mass is 10.3. The molecule has 0 amide bonds. The Morgan fingerprint density at radius 2 is 1.70 bits per heavy atom. The van der Waals surface area contributed by atoms with Gasteiger partial charge in [-0.1, -0.05) is 0 Å². The van der Waals surface area contributed by atoms with Gasteiger partial charge in [0.1, 0.15) is 0 Å². The van der Waals surface area contributed by atoms with E-state index in [4.69, 9.17) is 0 Å². The molecule has 1 rings (SSSR count). The second kappa shape index (κ2) is 2.05. The third-order valence-electron chi connectivity index (χ3n) is 1.10. The van der Waals surface area contributed by atoms with Crippen LogP contribution in [0, 0.1) is 0 Å². The van der Waals surface area contributed by atoms with Crippen LogP contribution in [0.25, 0.3) is 0 Å². The first kappa shape index (κ1) is 7.71. The first-order valence-corrected chi connectivity index (χ1v) is 2.43. The molecule has 2 unspecified atom stereocenters. The van der Waals surface area contributed by atoms with Crippen LogP contribution >= 0.6 is 0 Å². The molecule has 0 spiro atoms. The van der Waals surface area contributed by atoms with Gasteiger partial charge in [-0.15, -0.1) is 0 Å². The van der Waals surface area contributed by atoms with Crippen LogP contribution in [0.1, 0.15) is 0 Å². The van der Waals surface area contributed by atoms with Crippen molar-refractivity contribution in [3.8, 4) is 0 Å². The van der Waals surface area contributed by atoms with Crippen LogP contribution in [0.15, 0.2) is 0 Å². The van der Waals surface area contributed by atoms with Crippen molar-refractivity contribution < 1.29 is 26.7 Å². The molecule has 0 aliphatic carbocycles. The van der Waals surface area contributed by atoms with Crippen LogP contribution in [0.3, 0.4) is 0 Å². The SMILES string of the molecule is FC(F)C1OC1C(F)(F)F. The van der Waals surface area contributed by atoms with E-state index in [1.165, 1.54) is 0 Å². The molecule has 0 aromatic carbocycles. The third kappa shape index (κ3) is 1.36. The highest BCUT2D eigenvalue weighted by atomic mass is 19.4. The van der Waals surface area contributed by atoms with Gasteiger partial charge < -0.3 is 4.74 Å². The van der Waals surface area contributed by atoms with Crippen LogP contribution in [0.5, 0.6) is 0 Å². The predicted octanol–water partition coefficient (Wildman–Crippen LogP) is 1.58. The zero-order valence-corrected chi connectivity index (χ0v) is 4.53. The monoisotopic (exact) mass is 162 g/mol. The molecular weight excluding hydrogens is 159 g/mol. The van der Waals surface area contributed by atoms with Crippen molar-refractivity contribution in [3.05, 3.63) is 0 Å². The maximum atomic E-state index is 11.4. The molecule has 1 aliphatic heterocycles. The minimum absolute atomic E-state index is 1.93. The van der Waals surface area contributed by atoms with Crippen LogP contribution in [0.4, 0.5) is 22.0 Å². The molecule has 60 valence electrons. The number of hydrogen-bond donors (Lipinski definition) is 0. The summed E-state index contributed by atoms with van der Waals surface area (Å²) in [7, 11) is 0. The molecule has 0 aromatic rings.